The van der Waals surface area contributed by atoms with Gasteiger partial charge in [-0.25, -0.2) is 4.98 Å². The zero-order valence-corrected chi connectivity index (χ0v) is 11.5. The lowest BCUT2D eigenvalue weighted by Crippen LogP contribution is -2.06. The number of rotatable bonds is 3. The zero-order chi connectivity index (χ0) is 15.1. The molecule has 1 unspecified atom stereocenters. The molecule has 0 saturated carbocycles. The molecular weight excluding hydrogens is 278 g/mol. The molecule has 1 aromatic carbocycles. The van der Waals surface area contributed by atoms with Crippen LogP contribution in [0.25, 0.3) is 11.0 Å². The summed E-state index contributed by atoms with van der Waals surface area (Å²) in [5.74, 6) is 0.303. The summed E-state index contributed by atoms with van der Waals surface area (Å²) in [6.45, 7) is 1.93. The third kappa shape index (κ3) is 1.99. The van der Waals surface area contributed by atoms with Gasteiger partial charge >= 0.3 is 11.7 Å². The SMILES string of the molecule is COc1ccc2c(nc3n2CCC3OC(C)=O)c1[N+](=O)[O-]. The van der Waals surface area contributed by atoms with Crippen molar-refractivity contribution in [1.29, 1.82) is 0 Å². The van der Waals surface area contributed by atoms with E-state index in [0.717, 1.165) is 0 Å². The third-order valence-electron chi connectivity index (χ3n) is 3.50. The van der Waals surface area contributed by atoms with Gasteiger partial charge in [-0.05, 0) is 12.1 Å². The number of hydrogen-bond donors (Lipinski definition) is 0. The molecule has 0 fully saturated rings. The van der Waals surface area contributed by atoms with Crippen LogP contribution < -0.4 is 4.74 Å². The number of fused-ring (bicyclic) bond motifs is 3. The summed E-state index contributed by atoms with van der Waals surface area (Å²) in [6.07, 6.45) is 0.165. The number of carbonyl (C=O) groups excluding carboxylic acids is 1. The van der Waals surface area contributed by atoms with Crippen LogP contribution in [0.4, 0.5) is 5.69 Å². The first-order valence-corrected chi connectivity index (χ1v) is 6.41. The minimum atomic E-state index is -0.509. The molecule has 1 aliphatic rings. The van der Waals surface area contributed by atoms with Crippen LogP contribution in [0.15, 0.2) is 12.1 Å². The molecule has 110 valence electrons. The minimum Gasteiger partial charge on any atom is -0.490 e. The van der Waals surface area contributed by atoms with Crippen molar-refractivity contribution in [2.24, 2.45) is 0 Å². The number of nitro benzene ring substituents is 1. The summed E-state index contributed by atoms with van der Waals surface area (Å²) < 4.78 is 12.1. The molecule has 2 aromatic rings. The number of carbonyl (C=O) groups is 1. The summed E-state index contributed by atoms with van der Waals surface area (Å²) in [6, 6.07) is 3.28. The Morgan fingerprint density at radius 3 is 2.90 bits per heavy atom. The Morgan fingerprint density at radius 2 is 2.29 bits per heavy atom. The number of aromatic nitrogens is 2. The van der Waals surface area contributed by atoms with Crippen LogP contribution in [0.2, 0.25) is 0 Å². The lowest BCUT2D eigenvalue weighted by atomic mass is 10.2. The molecule has 1 aromatic heterocycles. The van der Waals surface area contributed by atoms with Crippen molar-refractivity contribution in [1.82, 2.24) is 9.55 Å². The largest absolute Gasteiger partial charge is 0.490 e. The smallest absolute Gasteiger partial charge is 0.338 e. The van der Waals surface area contributed by atoms with Crippen LogP contribution in [-0.2, 0) is 16.1 Å². The number of esters is 1. The van der Waals surface area contributed by atoms with E-state index in [0.29, 0.717) is 24.3 Å². The Balaban J connectivity index is 2.20. The van der Waals surface area contributed by atoms with Gasteiger partial charge in [0.05, 0.1) is 17.5 Å². The molecule has 2 heterocycles. The van der Waals surface area contributed by atoms with Crippen LogP contribution in [0.3, 0.4) is 0 Å². The van der Waals surface area contributed by atoms with Gasteiger partial charge in [0.15, 0.2) is 23.2 Å². The number of benzene rings is 1. The first-order valence-electron chi connectivity index (χ1n) is 6.41. The fourth-order valence-electron chi connectivity index (χ4n) is 2.69. The van der Waals surface area contributed by atoms with E-state index in [9.17, 15) is 14.9 Å². The Kier molecular flexibility index (Phi) is 3.00. The van der Waals surface area contributed by atoms with Gasteiger partial charge in [-0.1, -0.05) is 0 Å². The highest BCUT2D eigenvalue weighted by molar-refractivity contribution is 5.89. The predicted octanol–water partition coefficient (Wildman–Crippen LogP) is 1.96. The fraction of sp³-hybridized carbons (Fsp3) is 0.385. The highest BCUT2D eigenvalue weighted by atomic mass is 16.6. The molecule has 0 aliphatic carbocycles. The Hall–Kier alpha value is -2.64. The topological polar surface area (TPSA) is 96.5 Å². The van der Waals surface area contributed by atoms with Crippen molar-refractivity contribution in [2.45, 2.75) is 26.0 Å². The van der Waals surface area contributed by atoms with Gasteiger partial charge < -0.3 is 14.0 Å². The van der Waals surface area contributed by atoms with E-state index in [-0.39, 0.29) is 17.0 Å². The highest BCUT2D eigenvalue weighted by Crippen LogP contribution is 2.39. The van der Waals surface area contributed by atoms with Crippen LogP contribution in [0.5, 0.6) is 5.75 Å². The maximum atomic E-state index is 11.3. The van der Waals surface area contributed by atoms with E-state index in [2.05, 4.69) is 4.98 Å². The monoisotopic (exact) mass is 291 g/mol. The average molecular weight is 291 g/mol. The van der Waals surface area contributed by atoms with Crippen LogP contribution >= 0.6 is 0 Å². The van der Waals surface area contributed by atoms with Gasteiger partial charge in [0, 0.05) is 19.9 Å². The number of imidazole rings is 1. The van der Waals surface area contributed by atoms with Crippen molar-refractivity contribution < 1.29 is 19.2 Å². The molecule has 0 N–H and O–H groups in total. The van der Waals surface area contributed by atoms with Crippen molar-refractivity contribution in [3.63, 3.8) is 0 Å². The van der Waals surface area contributed by atoms with Crippen molar-refractivity contribution in [3.8, 4) is 5.75 Å². The second-order valence-corrected chi connectivity index (χ2v) is 4.75. The zero-order valence-electron chi connectivity index (χ0n) is 11.5. The molecule has 1 aliphatic heterocycles. The van der Waals surface area contributed by atoms with Crippen LogP contribution in [0, 0.1) is 10.1 Å². The van der Waals surface area contributed by atoms with E-state index in [1.807, 2.05) is 4.57 Å². The van der Waals surface area contributed by atoms with Crippen molar-refractivity contribution >= 4 is 22.7 Å². The number of ether oxygens (including phenoxy) is 2. The quantitative estimate of drug-likeness (QED) is 0.487. The summed E-state index contributed by atoms with van der Waals surface area (Å²) in [5.41, 5.74) is 0.733. The molecule has 0 bridgehead atoms. The Labute approximate surface area is 119 Å². The molecule has 0 saturated heterocycles. The maximum absolute atomic E-state index is 11.3. The normalized spacial score (nSPS) is 16.8. The first kappa shape index (κ1) is 13.3. The molecular formula is C13H13N3O5. The molecule has 8 heteroatoms. The number of methoxy groups -OCH3 is 1. The molecule has 8 nitrogen and oxygen atoms in total. The number of hydrogen-bond acceptors (Lipinski definition) is 6. The number of nitrogens with zero attached hydrogens (tertiary/aromatic N) is 3. The van der Waals surface area contributed by atoms with Gasteiger partial charge in [0.25, 0.3) is 0 Å². The standard InChI is InChI=1S/C13H13N3O5/c1-7(17)21-10-5-6-15-8-3-4-9(20-2)12(16(18)19)11(8)14-13(10)15/h3-4,10H,5-6H2,1-2H3. The summed E-state index contributed by atoms with van der Waals surface area (Å²) in [4.78, 5) is 26.2. The predicted molar refractivity (Wildman–Crippen MR) is 72.1 cm³/mol. The second kappa shape index (κ2) is 4.72. The number of nitro groups is 1. The van der Waals surface area contributed by atoms with E-state index in [4.69, 9.17) is 9.47 Å². The van der Waals surface area contributed by atoms with Crippen LogP contribution in [0.1, 0.15) is 25.3 Å². The van der Waals surface area contributed by atoms with Gasteiger partial charge in [0.2, 0.25) is 0 Å². The molecule has 21 heavy (non-hydrogen) atoms. The van der Waals surface area contributed by atoms with Gasteiger partial charge in [-0.3, -0.25) is 14.9 Å². The van der Waals surface area contributed by atoms with Gasteiger partial charge in [-0.2, -0.15) is 0 Å². The molecule has 0 amide bonds. The average Bonchev–Trinajstić information content (AvgIpc) is 2.96. The van der Waals surface area contributed by atoms with E-state index < -0.39 is 17.0 Å². The van der Waals surface area contributed by atoms with Gasteiger partial charge in [-0.15, -0.1) is 0 Å². The molecule has 0 radical (unpaired) electrons. The van der Waals surface area contributed by atoms with Crippen molar-refractivity contribution in [2.75, 3.05) is 7.11 Å². The lowest BCUT2D eigenvalue weighted by molar-refractivity contribution is -0.384. The second-order valence-electron chi connectivity index (χ2n) is 4.75. The van der Waals surface area contributed by atoms with Crippen molar-refractivity contribution in [3.05, 3.63) is 28.1 Å². The summed E-state index contributed by atoms with van der Waals surface area (Å²) >= 11 is 0. The fourth-order valence-corrected chi connectivity index (χ4v) is 2.69. The van der Waals surface area contributed by atoms with E-state index >= 15 is 0 Å². The van der Waals surface area contributed by atoms with Crippen LogP contribution in [-0.4, -0.2) is 27.6 Å². The molecule has 0 spiro atoms. The summed E-state index contributed by atoms with van der Waals surface area (Å²) in [7, 11) is 1.37. The first-order chi connectivity index (χ1) is 10.0. The minimum absolute atomic E-state index is 0.160. The lowest BCUT2D eigenvalue weighted by Gasteiger charge is -2.07. The van der Waals surface area contributed by atoms with E-state index in [1.54, 1.807) is 12.1 Å². The van der Waals surface area contributed by atoms with E-state index in [1.165, 1.54) is 14.0 Å². The maximum Gasteiger partial charge on any atom is 0.338 e. The van der Waals surface area contributed by atoms with Gasteiger partial charge in [0.1, 0.15) is 0 Å². The summed E-state index contributed by atoms with van der Waals surface area (Å²) in [5, 5.41) is 11.3. The Bertz CT molecular complexity index is 752. The molecule has 1 atom stereocenters. The molecule has 3 rings (SSSR count). The Morgan fingerprint density at radius 1 is 1.52 bits per heavy atom. The highest BCUT2D eigenvalue weighted by Gasteiger charge is 2.32. The third-order valence-corrected chi connectivity index (χ3v) is 3.50. The number of aryl methyl sites for hydroxylation is 1.